The minimum Gasteiger partial charge on any atom is -0.497 e. The maximum Gasteiger partial charge on any atom is 0.207 e. The van der Waals surface area contributed by atoms with E-state index in [2.05, 4.69) is 27.1 Å². The summed E-state index contributed by atoms with van der Waals surface area (Å²) in [6, 6.07) is 8.62. The van der Waals surface area contributed by atoms with Gasteiger partial charge < -0.3 is 10.1 Å². The molecule has 1 aliphatic rings. The Morgan fingerprint density at radius 1 is 1.30 bits per heavy atom. The zero-order chi connectivity index (χ0) is 13.9. The lowest BCUT2D eigenvalue weighted by molar-refractivity contribution is 0.414. The highest BCUT2D eigenvalue weighted by atomic mass is 16.5. The van der Waals surface area contributed by atoms with Crippen LogP contribution in [0.4, 0.5) is 5.95 Å². The molecule has 2 aromatic rings. The van der Waals surface area contributed by atoms with E-state index in [0.717, 1.165) is 23.1 Å². The first kappa shape index (κ1) is 13.0. The van der Waals surface area contributed by atoms with Crippen molar-refractivity contribution in [3.05, 3.63) is 36.2 Å². The molecule has 1 aromatic carbocycles. The molecule has 1 fully saturated rings. The number of nitrogens with zero attached hydrogens (tertiary/aromatic N) is 2. The van der Waals surface area contributed by atoms with Crippen LogP contribution >= 0.6 is 0 Å². The van der Waals surface area contributed by atoms with Gasteiger partial charge in [0.15, 0.2) is 0 Å². The van der Waals surface area contributed by atoms with Gasteiger partial charge in [-0.15, -0.1) is 0 Å². The van der Waals surface area contributed by atoms with Crippen molar-refractivity contribution in [3.8, 4) is 11.4 Å². The summed E-state index contributed by atoms with van der Waals surface area (Å²) in [5.74, 6) is 1.79. The number of methoxy groups -OCH3 is 1. The van der Waals surface area contributed by atoms with Crippen molar-refractivity contribution in [1.29, 1.82) is 0 Å². The Morgan fingerprint density at radius 3 is 2.85 bits per heavy atom. The predicted molar refractivity (Wildman–Crippen MR) is 80.7 cm³/mol. The number of ether oxygens (including phenoxy) is 1. The van der Waals surface area contributed by atoms with E-state index in [1.165, 1.54) is 25.7 Å². The Labute approximate surface area is 119 Å². The molecule has 1 heterocycles. The predicted octanol–water partition coefficient (Wildman–Crippen LogP) is 3.54. The highest BCUT2D eigenvalue weighted by molar-refractivity contribution is 5.46. The Bertz CT molecular complexity index is 585. The minimum atomic E-state index is 0.557. The van der Waals surface area contributed by atoms with Crippen molar-refractivity contribution >= 4 is 5.95 Å². The van der Waals surface area contributed by atoms with E-state index >= 15 is 0 Å². The Kier molecular flexibility index (Phi) is 3.63. The van der Waals surface area contributed by atoms with Crippen molar-refractivity contribution < 1.29 is 4.74 Å². The van der Waals surface area contributed by atoms with Crippen molar-refractivity contribution in [1.82, 2.24) is 9.55 Å². The van der Waals surface area contributed by atoms with Crippen LogP contribution < -0.4 is 10.1 Å². The fourth-order valence-corrected chi connectivity index (χ4v) is 2.81. The Hall–Kier alpha value is -1.97. The van der Waals surface area contributed by atoms with Gasteiger partial charge in [0.05, 0.1) is 18.5 Å². The van der Waals surface area contributed by atoms with Crippen LogP contribution in [0.3, 0.4) is 0 Å². The SMILES string of the molecule is COc1cccc(-n2cc(C)nc2NC2CCCC2)c1. The third-order valence-electron chi connectivity index (χ3n) is 3.85. The first-order valence-electron chi connectivity index (χ1n) is 7.23. The van der Waals surface area contributed by atoms with Crippen LogP contribution in [0.15, 0.2) is 30.5 Å². The molecule has 1 N–H and O–H groups in total. The molecular formula is C16H21N3O. The fourth-order valence-electron chi connectivity index (χ4n) is 2.81. The maximum absolute atomic E-state index is 5.30. The molecule has 0 saturated heterocycles. The van der Waals surface area contributed by atoms with Crippen LogP contribution in [-0.2, 0) is 0 Å². The third-order valence-corrected chi connectivity index (χ3v) is 3.85. The lowest BCUT2D eigenvalue weighted by Crippen LogP contribution is -2.17. The van der Waals surface area contributed by atoms with E-state index in [0.29, 0.717) is 6.04 Å². The molecule has 0 amide bonds. The van der Waals surface area contributed by atoms with Crippen molar-refractivity contribution in [2.45, 2.75) is 38.6 Å². The van der Waals surface area contributed by atoms with Crippen LogP contribution in [0.1, 0.15) is 31.4 Å². The topological polar surface area (TPSA) is 39.1 Å². The van der Waals surface area contributed by atoms with Gasteiger partial charge in [0.2, 0.25) is 5.95 Å². The molecule has 0 radical (unpaired) electrons. The summed E-state index contributed by atoms with van der Waals surface area (Å²) in [5.41, 5.74) is 2.10. The normalized spacial score (nSPS) is 15.5. The number of hydrogen-bond donors (Lipinski definition) is 1. The second kappa shape index (κ2) is 5.57. The van der Waals surface area contributed by atoms with Crippen molar-refractivity contribution in [2.24, 2.45) is 0 Å². The summed E-state index contributed by atoms with van der Waals surface area (Å²) in [5, 5.41) is 3.58. The lowest BCUT2D eigenvalue weighted by atomic mass is 10.2. The molecule has 4 heteroatoms. The second-order valence-corrected chi connectivity index (χ2v) is 5.40. The van der Waals surface area contributed by atoms with Crippen molar-refractivity contribution in [2.75, 3.05) is 12.4 Å². The molecule has 0 atom stereocenters. The van der Waals surface area contributed by atoms with E-state index in [1.54, 1.807) is 7.11 Å². The van der Waals surface area contributed by atoms with Gasteiger partial charge in [-0.3, -0.25) is 4.57 Å². The van der Waals surface area contributed by atoms with Crippen molar-refractivity contribution in [3.63, 3.8) is 0 Å². The van der Waals surface area contributed by atoms with Gasteiger partial charge in [-0.05, 0) is 31.9 Å². The Morgan fingerprint density at radius 2 is 2.10 bits per heavy atom. The number of imidazole rings is 1. The number of nitrogens with one attached hydrogen (secondary N) is 1. The number of hydrogen-bond acceptors (Lipinski definition) is 3. The standard InChI is InChI=1S/C16H21N3O/c1-12-11-19(14-8-5-9-15(10-14)20-2)16(17-12)18-13-6-3-4-7-13/h5,8-11,13H,3-4,6-7H2,1-2H3,(H,17,18). The minimum absolute atomic E-state index is 0.557. The number of aryl methyl sites for hydroxylation is 1. The van der Waals surface area contributed by atoms with Crippen LogP contribution in [0.5, 0.6) is 5.75 Å². The fraction of sp³-hybridized carbons (Fsp3) is 0.438. The molecule has 0 bridgehead atoms. The number of benzene rings is 1. The lowest BCUT2D eigenvalue weighted by Gasteiger charge is -2.15. The Balaban J connectivity index is 1.91. The highest BCUT2D eigenvalue weighted by Gasteiger charge is 2.17. The molecule has 106 valence electrons. The zero-order valence-electron chi connectivity index (χ0n) is 12.1. The van der Waals surface area contributed by atoms with Crippen LogP contribution in [0, 0.1) is 6.92 Å². The molecule has 0 aliphatic heterocycles. The molecule has 1 saturated carbocycles. The highest BCUT2D eigenvalue weighted by Crippen LogP contribution is 2.25. The summed E-state index contributed by atoms with van der Waals surface area (Å²) in [6.07, 6.45) is 7.17. The zero-order valence-corrected chi connectivity index (χ0v) is 12.1. The third kappa shape index (κ3) is 2.64. The van der Waals surface area contributed by atoms with E-state index in [9.17, 15) is 0 Å². The monoisotopic (exact) mass is 271 g/mol. The summed E-state index contributed by atoms with van der Waals surface area (Å²) in [4.78, 5) is 4.62. The summed E-state index contributed by atoms with van der Waals surface area (Å²) in [7, 11) is 1.69. The molecule has 1 aliphatic carbocycles. The van der Waals surface area contributed by atoms with Gasteiger partial charge in [0.25, 0.3) is 0 Å². The quantitative estimate of drug-likeness (QED) is 0.924. The first-order valence-corrected chi connectivity index (χ1v) is 7.23. The molecule has 0 spiro atoms. The second-order valence-electron chi connectivity index (χ2n) is 5.40. The van der Waals surface area contributed by atoms with Crippen LogP contribution in [-0.4, -0.2) is 22.7 Å². The van der Waals surface area contributed by atoms with Gasteiger partial charge in [0, 0.05) is 18.3 Å². The molecule has 4 nitrogen and oxygen atoms in total. The van der Waals surface area contributed by atoms with E-state index < -0.39 is 0 Å². The summed E-state index contributed by atoms with van der Waals surface area (Å²) < 4.78 is 7.41. The van der Waals surface area contributed by atoms with Crippen LogP contribution in [0.25, 0.3) is 5.69 Å². The molecule has 3 rings (SSSR count). The average molecular weight is 271 g/mol. The number of aromatic nitrogens is 2. The largest absolute Gasteiger partial charge is 0.497 e. The first-order chi connectivity index (χ1) is 9.76. The molecule has 1 aromatic heterocycles. The number of rotatable bonds is 4. The van der Waals surface area contributed by atoms with Gasteiger partial charge in [-0.25, -0.2) is 4.98 Å². The van der Waals surface area contributed by atoms with Gasteiger partial charge in [-0.1, -0.05) is 18.9 Å². The maximum atomic E-state index is 5.30. The summed E-state index contributed by atoms with van der Waals surface area (Å²) in [6.45, 7) is 2.02. The molecule has 20 heavy (non-hydrogen) atoms. The van der Waals surface area contributed by atoms with Gasteiger partial charge in [-0.2, -0.15) is 0 Å². The van der Waals surface area contributed by atoms with E-state index in [1.807, 2.05) is 25.1 Å². The van der Waals surface area contributed by atoms with Gasteiger partial charge in [0.1, 0.15) is 5.75 Å². The van der Waals surface area contributed by atoms with Gasteiger partial charge >= 0.3 is 0 Å². The average Bonchev–Trinajstić information content (AvgIpc) is 3.09. The smallest absolute Gasteiger partial charge is 0.207 e. The molecule has 0 unspecified atom stereocenters. The summed E-state index contributed by atoms with van der Waals surface area (Å²) >= 11 is 0. The van der Waals surface area contributed by atoms with E-state index in [-0.39, 0.29) is 0 Å². The number of anilines is 1. The van der Waals surface area contributed by atoms with Crippen LogP contribution in [0.2, 0.25) is 0 Å². The molecular weight excluding hydrogens is 250 g/mol. The van der Waals surface area contributed by atoms with E-state index in [4.69, 9.17) is 4.74 Å².